The van der Waals surface area contributed by atoms with Gasteiger partial charge in [-0.1, -0.05) is 48.1 Å². The van der Waals surface area contributed by atoms with Crippen molar-refractivity contribution in [3.8, 4) is 0 Å². The van der Waals surface area contributed by atoms with Crippen molar-refractivity contribution in [3.63, 3.8) is 0 Å². The molecule has 1 aromatic rings. The minimum Gasteiger partial charge on any atom is -0.207 e. The first kappa shape index (κ1) is 15.3. The number of rotatable bonds is 4. The summed E-state index contributed by atoms with van der Waals surface area (Å²) in [7, 11) is -3.43. The van der Waals surface area contributed by atoms with Gasteiger partial charge >= 0.3 is 0 Å². The lowest BCUT2D eigenvalue weighted by molar-refractivity contribution is 0.338. The maximum atomic E-state index is 13.0. The predicted molar refractivity (Wildman–Crippen MR) is 88.9 cm³/mol. The first-order valence-corrected chi connectivity index (χ1v) is 9.12. The minimum absolute atomic E-state index is 0.0475. The maximum absolute atomic E-state index is 13.0. The SMILES string of the molecule is C=CC/C=C1/CN(S(=O)(=O)c2ccccc2)[C@@H]2CCC=C[C@H]12. The highest BCUT2D eigenvalue weighted by atomic mass is 32.2. The fourth-order valence-corrected chi connectivity index (χ4v) is 5.02. The standard InChI is InChI=1S/C18H21NO2S/c1-2-3-9-15-14-19(18-13-8-7-12-17(15)18)22(20,21)16-10-5-4-6-11-16/h2,4-7,9-12,17-18H,1,3,8,13-14H2/b15-9-/t17-,18-/m1/s1. The van der Waals surface area contributed by atoms with Crippen molar-refractivity contribution in [2.24, 2.45) is 5.92 Å². The summed E-state index contributed by atoms with van der Waals surface area (Å²) >= 11 is 0. The summed E-state index contributed by atoms with van der Waals surface area (Å²) in [5, 5.41) is 0. The summed E-state index contributed by atoms with van der Waals surface area (Å²) in [4.78, 5) is 0.383. The van der Waals surface area contributed by atoms with Crippen LogP contribution in [-0.4, -0.2) is 25.3 Å². The Morgan fingerprint density at radius 2 is 2.05 bits per heavy atom. The Morgan fingerprint density at radius 1 is 1.27 bits per heavy atom. The second kappa shape index (κ2) is 6.23. The van der Waals surface area contributed by atoms with Gasteiger partial charge in [-0.3, -0.25) is 0 Å². The van der Waals surface area contributed by atoms with Crippen molar-refractivity contribution in [2.45, 2.75) is 30.2 Å². The van der Waals surface area contributed by atoms with Gasteiger partial charge in [0.05, 0.1) is 4.90 Å². The zero-order chi connectivity index (χ0) is 15.6. The van der Waals surface area contributed by atoms with Crippen LogP contribution in [0.2, 0.25) is 0 Å². The van der Waals surface area contributed by atoms with Gasteiger partial charge in [-0.15, -0.1) is 6.58 Å². The van der Waals surface area contributed by atoms with Gasteiger partial charge in [0.1, 0.15) is 0 Å². The van der Waals surface area contributed by atoms with Gasteiger partial charge in [-0.2, -0.15) is 4.31 Å². The summed E-state index contributed by atoms with van der Waals surface area (Å²) in [6.45, 7) is 4.24. The van der Waals surface area contributed by atoms with Crippen LogP contribution in [0.5, 0.6) is 0 Å². The predicted octanol–water partition coefficient (Wildman–Crippen LogP) is 3.53. The molecule has 0 N–H and O–H groups in total. The first-order valence-electron chi connectivity index (χ1n) is 7.68. The Balaban J connectivity index is 1.97. The molecule has 0 aromatic heterocycles. The smallest absolute Gasteiger partial charge is 0.207 e. The molecule has 3 nitrogen and oxygen atoms in total. The van der Waals surface area contributed by atoms with Crippen LogP contribution in [0.15, 0.2) is 71.7 Å². The average Bonchev–Trinajstić information content (AvgIpc) is 2.93. The van der Waals surface area contributed by atoms with Crippen LogP contribution in [-0.2, 0) is 10.0 Å². The van der Waals surface area contributed by atoms with E-state index < -0.39 is 10.0 Å². The van der Waals surface area contributed by atoms with Crippen molar-refractivity contribution in [1.82, 2.24) is 4.31 Å². The van der Waals surface area contributed by atoms with Crippen molar-refractivity contribution < 1.29 is 8.42 Å². The number of hydrogen-bond acceptors (Lipinski definition) is 2. The molecule has 0 bridgehead atoms. The first-order chi connectivity index (χ1) is 10.6. The monoisotopic (exact) mass is 315 g/mol. The Morgan fingerprint density at radius 3 is 2.77 bits per heavy atom. The molecule has 1 aliphatic heterocycles. The number of allylic oxidation sites excluding steroid dienone is 3. The molecule has 1 saturated heterocycles. The van der Waals surface area contributed by atoms with Gasteiger partial charge in [0.15, 0.2) is 0 Å². The van der Waals surface area contributed by atoms with Crippen LogP contribution in [0.3, 0.4) is 0 Å². The molecule has 4 heteroatoms. The molecule has 0 saturated carbocycles. The zero-order valence-corrected chi connectivity index (χ0v) is 13.4. The number of benzene rings is 1. The highest BCUT2D eigenvalue weighted by Gasteiger charge is 2.43. The Labute approximate surface area is 132 Å². The van der Waals surface area contributed by atoms with E-state index >= 15 is 0 Å². The van der Waals surface area contributed by atoms with Crippen LogP contribution >= 0.6 is 0 Å². The van der Waals surface area contributed by atoms with Crippen molar-refractivity contribution in [3.05, 3.63) is 66.8 Å². The highest BCUT2D eigenvalue weighted by molar-refractivity contribution is 7.89. The largest absolute Gasteiger partial charge is 0.243 e. The van der Waals surface area contributed by atoms with Gasteiger partial charge in [0.2, 0.25) is 10.0 Å². The Hall–Kier alpha value is -1.65. The van der Waals surface area contributed by atoms with E-state index in [0.29, 0.717) is 11.4 Å². The van der Waals surface area contributed by atoms with E-state index in [0.717, 1.165) is 19.3 Å². The van der Waals surface area contributed by atoms with E-state index in [1.54, 1.807) is 28.6 Å². The van der Waals surface area contributed by atoms with Crippen LogP contribution in [0.25, 0.3) is 0 Å². The molecule has 0 amide bonds. The molecular weight excluding hydrogens is 294 g/mol. The van der Waals surface area contributed by atoms with Crippen LogP contribution in [0.1, 0.15) is 19.3 Å². The molecule has 1 aliphatic carbocycles. The van der Waals surface area contributed by atoms with Crippen molar-refractivity contribution in [1.29, 1.82) is 0 Å². The van der Waals surface area contributed by atoms with E-state index in [-0.39, 0.29) is 12.0 Å². The number of hydrogen-bond donors (Lipinski definition) is 0. The second-order valence-electron chi connectivity index (χ2n) is 5.77. The Kier molecular flexibility index (Phi) is 4.32. The van der Waals surface area contributed by atoms with Gasteiger partial charge in [0.25, 0.3) is 0 Å². The van der Waals surface area contributed by atoms with E-state index in [1.165, 1.54) is 5.57 Å². The molecule has 1 aromatic carbocycles. The molecule has 0 radical (unpaired) electrons. The topological polar surface area (TPSA) is 37.4 Å². The molecular formula is C18H21NO2S. The average molecular weight is 315 g/mol. The molecule has 116 valence electrons. The lowest BCUT2D eigenvalue weighted by Crippen LogP contribution is -2.38. The minimum atomic E-state index is -3.43. The third-order valence-electron chi connectivity index (χ3n) is 4.42. The molecule has 1 heterocycles. The normalized spacial score (nSPS) is 27.0. The molecule has 1 fully saturated rings. The quantitative estimate of drug-likeness (QED) is 0.797. The molecule has 3 rings (SSSR count). The molecule has 0 unspecified atom stereocenters. The number of fused-ring (bicyclic) bond motifs is 1. The zero-order valence-electron chi connectivity index (χ0n) is 12.6. The fraction of sp³-hybridized carbons (Fsp3) is 0.333. The van der Waals surface area contributed by atoms with Gasteiger partial charge in [-0.25, -0.2) is 8.42 Å². The molecule has 22 heavy (non-hydrogen) atoms. The van der Waals surface area contributed by atoms with Gasteiger partial charge in [-0.05, 0) is 31.4 Å². The van der Waals surface area contributed by atoms with E-state index in [9.17, 15) is 8.42 Å². The molecule has 2 aliphatic rings. The van der Waals surface area contributed by atoms with Crippen LogP contribution < -0.4 is 0 Å². The van der Waals surface area contributed by atoms with Crippen LogP contribution in [0, 0.1) is 5.92 Å². The highest BCUT2D eigenvalue weighted by Crippen LogP contribution is 2.39. The summed E-state index contributed by atoms with van der Waals surface area (Å²) in [5.74, 6) is 0.215. The third-order valence-corrected chi connectivity index (χ3v) is 6.31. The third kappa shape index (κ3) is 2.69. The summed E-state index contributed by atoms with van der Waals surface area (Å²) in [6, 6.07) is 8.78. The fourth-order valence-electron chi connectivity index (χ4n) is 3.34. The molecule has 0 spiro atoms. The van der Waals surface area contributed by atoms with E-state index in [4.69, 9.17) is 0 Å². The van der Waals surface area contributed by atoms with Crippen LogP contribution in [0.4, 0.5) is 0 Å². The van der Waals surface area contributed by atoms with Gasteiger partial charge < -0.3 is 0 Å². The number of nitrogens with zero attached hydrogens (tertiary/aromatic N) is 1. The lowest BCUT2D eigenvalue weighted by atomic mass is 9.88. The van der Waals surface area contributed by atoms with Crippen molar-refractivity contribution in [2.75, 3.05) is 6.54 Å². The molecule has 2 atom stereocenters. The summed E-state index contributed by atoms with van der Waals surface area (Å²) < 4.78 is 27.6. The summed E-state index contributed by atoms with van der Waals surface area (Å²) in [6.07, 6.45) is 10.9. The summed E-state index contributed by atoms with van der Waals surface area (Å²) in [5.41, 5.74) is 1.19. The number of sulfonamides is 1. The van der Waals surface area contributed by atoms with E-state index in [2.05, 4.69) is 24.8 Å². The van der Waals surface area contributed by atoms with E-state index in [1.807, 2.05) is 12.1 Å². The second-order valence-corrected chi connectivity index (χ2v) is 7.66. The van der Waals surface area contributed by atoms with Crippen molar-refractivity contribution >= 4 is 10.0 Å². The maximum Gasteiger partial charge on any atom is 0.243 e. The lowest BCUT2D eigenvalue weighted by Gasteiger charge is -2.28. The Bertz CT molecular complexity index is 704. The van der Waals surface area contributed by atoms with Gasteiger partial charge in [0, 0.05) is 18.5 Å².